The van der Waals surface area contributed by atoms with Crippen molar-refractivity contribution in [3.8, 4) is 0 Å². The Morgan fingerprint density at radius 1 is 1.25 bits per heavy atom. The first kappa shape index (κ1) is 15.3. The summed E-state index contributed by atoms with van der Waals surface area (Å²) in [5, 5.41) is 3.05. The number of nitrogens with one attached hydrogen (secondary N) is 1. The van der Waals surface area contributed by atoms with Crippen LogP contribution in [-0.4, -0.2) is 7.05 Å². The van der Waals surface area contributed by atoms with Gasteiger partial charge in [-0.05, 0) is 37.1 Å². The van der Waals surface area contributed by atoms with Gasteiger partial charge in [-0.1, -0.05) is 31.7 Å². The van der Waals surface area contributed by atoms with Crippen LogP contribution >= 0.6 is 0 Å². The number of benzene rings is 1. The third kappa shape index (κ3) is 3.51. The van der Waals surface area contributed by atoms with Crippen molar-refractivity contribution in [1.29, 1.82) is 0 Å². The van der Waals surface area contributed by atoms with E-state index >= 15 is 0 Å². The number of alkyl halides is 3. The molecule has 1 aliphatic carbocycles. The summed E-state index contributed by atoms with van der Waals surface area (Å²) in [6, 6.07) is 3.14. The summed E-state index contributed by atoms with van der Waals surface area (Å²) < 4.78 is 51.5. The molecule has 2 rings (SSSR count). The van der Waals surface area contributed by atoms with Crippen molar-refractivity contribution in [2.24, 2.45) is 5.92 Å². The van der Waals surface area contributed by atoms with Gasteiger partial charge in [-0.25, -0.2) is 4.39 Å². The van der Waals surface area contributed by atoms with Crippen LogP contribution in [-0.2, 0) is 6.18 Å². The van der Waals surface area contributed by atoms with Crippen LogP contribution in [0.3, 0.4) is 0 Å². The average Bonchev–Trinajstić information content (AvgIpc) is 2.88. The van der Waals surface area contributed by atoms with Crippen LogP contribution in [0.2, 0.25) is 0 Å². The fourth-order valence-corrected chi connectivity index (χ4v) is 2.98. The van der Waals surface area contributed by atoms with Crippen LogP contribution in [0.15, 0.2) is 18.2 Å². The van der Waals surface area contributed by atoms with Crippen LogP contribution in [0.1, 0.15) is 49.3 Å². The molecule has 1 nitrogen and oxygen atoms in total. The second-order valence-electron chi connectivity index (χ2n) is 5.46. The molecule has 1 atom stereocenters. The molecule has 0 aliphatic heterocycles. The van der Waals surface area contributed by atoms with E-state index in [1.54, 1.807) is 7.05 Å². The lowest BCUT2D eigenvalue weighted by Gasteiger charge is -2.21. The fourth-order valence-electron chi connectivity index (χ4n) is 2.98. The Balaban J connectivity index is 2.21. The Bertz CT molecular complexity index is 450. The molecule has 0 saturated heterocycles. The van der Waals surface area contributed by atoms with Crippen LogP contribution < -0.4 is 5.32 Å². The maximum Gasteiger partial charge on any atom is 0.419 e. The summed E-state index contributed by atoms with van der Waals surface area (Å²) in [6.45, 7) is 0. The summed E-state index contributed by atoms with van der Waals surface area (Å²) in [5.41, 5.74) is -0.671. The first-order valence-corrected chi connectivity index (χ1v) is 6.95. The monoisotopic (exact) mass is 289 g/mol. The molecule has 1 fully saturated rings. The summed E-state index contributed by atoms with van der Waals surface area (Å²) in [6.07, 6.45) is 0.804. The van der Waals surface area contributed by atoms with Gasteiger partial charge in [0.25, 0.3) is 0 Å². The van der Waals surface area contributed by atoms with E-state index in [1.807, 2.05) is 0 Å². The highest BCUT2D eigenvalue weighted by atomic mass is 19.4. The lowest BCUT2D eigenvalue weighted by molar-refractivity contribution is -0.140. The zero-order valence-corrected chi connectivity index (χ0v) is 11.4. The van der Waals surface area contributed by atoms with E-state index in [0.717, 1.165) is 31.4 Å². The SMILES string of the molecule is CNC(CC1CCCC1)c1ccc(F)c(C(F)(F)F)c1. The number of hydrogen-bond donors (Lipinski definition) is 1. The predicted molar refractivity (Wildman–Crippen MR) is 69.8 cm³/mol. The van der Waals surface area contributed by atoms with E-state index in [0.29, 0.717) is 11.5 Å². The molecule has 112 valence electrons. The highest BCUT2D eigenvalue weighted by Crippen LogP contribution is 2.36. The summed E-state index contributed by atoms with van der Waals surface area (Å²) >= 11 is 0. The van der Waals surface area contributed by atoms with E-state index in [1.165, 1.54) is 18.9 Å². The highest BCUT2D eigenvalue weighted by Gasteiger charge is 2.34. The molecular weight excluding hydrogens is 270 g/mol. The van der Waals surface area contributed by atoms with Gasteiger partial charge in [0.15, 0.2) is 0 Å². The molecule has 0 amide bonds. The van der Waals surface area contributed by atoms with Gasteiger partial charge in [0.2, 0.25) is 0 Å². The molecule has 0 heterocycles. The molecule has 5 heteroatoms. The highest BCUT2D eigenvalue weighted by molar-refractivity contribution is 5.29. The Kier molecular flexibility index (Phi) is 4.68. The Morgan fingerprint density at radius 2 is 1.90 bits per heavy atom. The zero-order valence-electron chi connectivity index (χ0n) is 11.4. The van der Waals surface area contributed by atoms with Crippen molar-refractivity contribution in [3.63, 3.8) is 0 Å². The second kappa shape index (κ2) is 6.12. The first-order valence-electron chi connectivity index (χ1n) is 6.95. The van der Waals surface area contributed by atoms with Crippen LogP contribution in [0, 0.1) is 11.7 Å². The molecule has 0 bridgehead atoms. The lowest BCUT2D eigenvalue weighted by atomic mass is 9.92. The van der Waals surface area contributed by atoms with Gasteiger partial charge in [0.1, 0.15) is 5.82 Å². The summed E-state index contributed by atoms with van der Waals surface area (Å²) in [7, 11) is 1.73. The molecule has 1 aromatic rings. The molecular formula is C15H19F4N. The third-order valence-corrected chi connectivity index (χ3v) is 4.09. The van der Waals surface area contributed by atoms with E-state index in [-0.39, 0.29) is 6.04 Å². The fraction of sp³-hybridized carbons (Fsp3) is 0.600. The average molecular weight is 289 g/mol. The maximum absolute atomic E-state index is 13.3. The summed E-state index contributed by atoms with van der Waals surface area (Å²) in [4.78, 5) is 0. The Morgan fingerprint density at radius 3 is 2.45 bits per heavy atom. The van der Waals surface area contributed by atoms with Crippen molar-refractivity contribution in [2.75, 3.05) is 7.05 Å². The van der Waals surface area contributed by atoms with Gasteiger partial charge in [-0.15, -0.1) is 0 Å². The lowest BCUT2D eigenvalue weighted by Crippen LogP contribution is -2.20. The van der Waals surface area contributed by atoms with Crippen LogP contribution in [0.25, 0.3) is 0 Å². The summed E-state index contributed by atoms with van der Waals surface area (Å²) in [5.74, 6) is -0.663. The van der Waals surface area contributed by atoms with E-state index in [9.17, 15) is 17.6 Å². The van der Waals surface area contributed by atoms with Gasteiger partial charge < -0.3 is 5.32 Å². The topological polar surface area (TPSA) is 12.0 Å². The van der Waals surface area contributed by atoms with Gasteiger partial charge in [0.05, 0.1) is 5.56 Å². The second-order valence-corrected chi connectivity index (χ2v) is 5.46. The minimum atomic E-state index is -4.65. The Hall–Kier alpha value is -1.10. The molecule has 1 N–H and O–H groups in total. The number of hydrogen-bond acceptors (Lipinski definition) is 1. The van der Waals surface area contributed by atoms with Gasteiger partial charge in [0, 0.05) is 6.04 Å². The van der Waals surface area contributed by atoms with Crippen molar-refractivity contribution in [3.05, 3.63) is 35.1 Å². The molecule has 0 spiro atoms. The maximum atomic E-state index is 13.3. The number of rotatable bonds is 4. The molecule has 1 aromatic carbocycles. The first-order chi connectivity index (χ1) is 9.41. The zero-order chi connectivity index (χ0) is 14.8. The van der Waals surface area contributed by atoms with Crippen LogP contribution in [0.4, 0.5) is 17.6 Å². The van der Waals surface area contributed by atoms with Crippen LogP contribution in [0.5, 0.6) is 0 Å². The molecule has 20 heavy (non-hydrogen) atoms. The largest absolute Gasteiger partial charge is 0.419 e. The van der Waals surface area contributed by atoms with Gasteiger partial charge in [-0.2, -0.15) is 13.2 Å². The van der Waals surface area contributed by atoms with Gasteiger partial charge in [-0.3, -0.25) is 0 Å². The van der Waals surface area contributed by atoms with Crippen molar-refractivity contribution in [2.45, 2.75) is 44.3 Å². The quantitative estimate of drug-likeness (QED) is 0.793. The minimum Gasteiger partial charge on any atom is -0.313 e. The van der Waals surface area contributed by atoms with Gasteiger partial charge >= 0.3 is 6.18 Å². The van der Waals surface area contributed by atoms with Crippen molar-refractivity contribution in [1.82, 2.24) is 5.32 Å². The molecule has 1 saturated carbocycles. The smallest absolute Gasteiger partial charge is 0.313 e. The van der Waals surface area contributed by atoms with Crippen molar-refractivity contribution >= 4 is 0 Å². The minimum absolute atomic E-state index is 0.153. The molecule has 1 aliphatic rings. The van der Waals surface area contributed by atoms with Crippen molar-refractivity contribution < 1.29 is 17.6 Å². The molecule has 0 aromatic heterocycles. The Labute approximate surface area is 116 Å². The van der Waals surface area contributed by atoms with E-state index in [4.69, 9.17) is 0 Å². The normalized spacial score (nSPS) is 18.4. The third-order valence-electron chi connectivity index (χ3n) is 4.09. The standard InChI is InChI=1S/C15H19F4N/c1-20-14(8-10-4-2-3-5-10)11-6-7-13(16)12(9-11)15(17,18)19/h6-7,9-10,14,20H,2-5,8H2,1H3. The number of halogens is 4. The molecule has 0 radical (unpaired) electrons. The molecule has 1 unspecified atom stereocenters. The predicted octanol–water partition coefficient (Wildman–Crippen LogP) is 4.69. The van der Waals surface area contributed by atoms with E-state index < -0.39 is 17.6 Å². The van der Waals surface area contributed by atoms with E-state index in [2.05, 4.69) is 5.32 Å².